The zero-order chi connectivity index (χ0) is 18.7. The van der Waals surface area contributed by atoms with E-state index in [9.17, 15) is 13.2 Å². The van der Waals surface area contributed by atoms with Gasteiger partial charge in [0, 0.05) is 69.8 Å². The van der Waals surface area contributed by atoms with Crippen LogP contribution in [0.1, 0.15) is 30.4 Å². The molecule has 8 heteroatoms. The summed E-state index contributed by atoms with van der Waals surface area (Å²) in [6, 6.07) is 18.7. The summed E-state index contributed by atoms with van der Waals surface area (Å²) in [7, 11) is -4.71. The van der Waals surface area contributed by atoms with Gasteiger partial charge in [0.05, 0.1) is 0 Å². The van der Waals surface area contributed by atoms with Crippen LogP contribution in [0.5, 0.6) is 0 Å². The fourth-order valence-corrected chi connectivity index (χ4v) is 3.70. The van der Waals surface area contributed by atoms with E-state index in [-0.39, 0.29) is 69.5 Å². The number of carbonyl (C=O) groups is 1. The van der Waals surface area contributed by atoms with Gasteiger partial charge < -0.3 is 4.74 Å². The number of hydrogen-bond acceptors (Lipinski definition) is 5. The van der Waals surface area contributed by atoms with Crippen LogP contribution in [0, 0.1) is 0 Å². The van der Waals surface area contributed by atoms with Gasteiger partial charge in [-0.3, -0.25) is 9.35 Å². The number of allylic oxidation sites excluding steroid dienone is 1. The maximum Gasteiger partial charge on any atom is 0.398 e. The number of esters is 1. The summed E-state index contributed by atoms with van der Waals surface area (Å²) in [5.41, 5.74) is 2.39. The van der Waals surface area contributed by atoms with Crippen LogP contribution in [-0.2, 0) is 24.1 Å². The summed E-state index contributed by atoms with van der Waals surface area (Å²) in [6.07, 6.45) is -0.870. The molecule has 0 fully saturated rings. The van der Waals surface area contributed by atoms with Crippen molar-refractivity contribution in [3.05, 3.63) is 77.5 Å². The zero-order valence-electron chi connectivity index (χ0n) is 15.0. The Morgan fingerprint density at radius 1 is 1.04 bits per heavy atom. The van der Waals surface area contributed by atoms with Crippen molar-refractivity contribution in [1.82, 2.24) is 0 Å². The van der Waals surface area contributed by atoms with E-state index in [2.05, 4.69) is 0 Å². The standard InChI is InChI=1S/C19H18O6S.K/c1-13(20)24-19-17(25-26(21,22)23)12-16(14-8-4-2-5-9-14)18(19)15-10-6-3-7-11-15;/h2-11,16-17H,12H2,1H3,(H,21,22,23);. The minimum atomic E-state index is -4.71. The Balaban J connectivity index is 0.00000261. The molecule has 0 aromatic heterocycles. The van der Waals surface area contributed by atoms with Crippen molar-refractivity contribution in [2.75, 3.05) is 0 Å². The third kappa shape index (κ3) is 5.82. The largest absolute Gasteiger partial charge is 0.428 e. The first-order valence-corrected chi connectivity index (χ1v) is 9.40. The first-order valence-electron chi connectivity index (χ1n) is 8.03. The molecule has 2 aromatic rings. The van der Waals surface area contributed by atoms with Crippen molar-refractivity contribution in [3.8, 4) is 0 Å². The molecule has 6 nitrogen and oxygen atoms in total. The Morgan fingerprint density at radius 3 is 2.11 bits per heavy atom. The normalized spacial score (nSPS) is 19.5. The summed E-state index contributed by atoms with van der Waals surface area (Å²) < 4.78 is 41.8. The van der Waals surface area contributed by atoms with Gasteiger partial charge in [-0.1, -0.05) is 60.7 Å². The van der Waals surface area contributed by atoms with Crippen molar-refractivity contribution in [2.24, 2.45) is 0 Å². The van der Waals surface area contributed by atoms with Crippen molar-refractivity contribution >= 4 is 73.3 Å². The number of carbonyl (C=O) groups excluding carboxylic acids is 1. The minimum absolute atomic E-state index is 0. The van der Waals surface area contributed by atoms with Crippen LogP contribution in [0.4, 0.5) is 0 Å². The maximum atomic E-state index is 11.6. The molecule has 0 bridgehead atoms. The predicted octanol–water partition coefficient (Wildman–Crippen LogP) is 2.96. The molecule has 1 radical (unpaired) electrons. The smallest absolute Gasteiger partial charge is 0.398 e. The van der Waals surface area contributed by atoms with E-state index in [0.29, 0.717) is 5.57 Å². The van der Waals surface area contributed by atoms with Gasteiger partial charge in [-0.15, -0.1) is 0 Å². The molecule has 1 aliphatic rings. The van der Waals surface area contributed by atoms with Crippen molar-refractivity contribution in [1.29, 1.82) is 0 Å². The van der Waals surface area contributed by atoms with Gasteiger partial charge in [-0.05, 0) is 17.5 Å². The first-order chi connectivity index (χ1) is 12.3. The Labute approximate surface area is 200 Å². The molecule has 27 heavy (non-hydrogen) atoms. The fraction of sp³-hybridized carbons (Fsp3) is 0.211. The number of ether oxygens (including phenoxy) is 1. The van der Waals surface area contributed by atoms with E-state index < -0.39 is 22.5 Å². The molecule has 1 aliphatic carbocycles. The van der Waals surface area contributed by atoms with Crippen LogP contribution in [0.15, 0.2) is 66.4 Å². The van der Waals surface area contributed by atoms with Crippen LogP contribution >= 0.6 is 0 Å². The molecule has 0 saturated carbocycles. The number of hydrogen-bond donors (Lipinski definition) is 1. The Morgan fingerprint density at radius 2 is 1.59 bits per heavy atom. The first kappa shape index (κ1) is 22.4. The third-order valence-electron chi connectivity index (χ3n) is 4.13. The van der Waals surface area contributed by atoms with Gasteiger partial charge in [-0.25, -0.2) is 4.18 Å². The van der Waals surface area contributed by atoms with Crippen LogP contribution in [-0.4, -0.2) is 76.4 Å². The average molecular weight is 414 g/mol. The van der Waals surface area contributed by atoms with Crippen LogP contribution in [0.3, 0.4) is 0 Å². The average Bonchev–Trinajstić information content (AvgIpc) is 2.92. The molecule has 0 saturated heterocycles. The summed E-state index contributed by atoms with van der Waals surface area (Å²) in [6.45, 7) is 1.23. The predicted molar refractivity (Wildman–Crippen MR) is 101 cm³/mol. The van der Waals surface area contributed by atoms with E-state index in [0.717, 1.165) is 11.1 Å². The molecule has 2 unspecified atom stereocenters. The van der Waals surface area contributed by atoms with Gasteiger partial charge >= 0.3 is 16.4 Å². The van der Waals surface area contributed by atoms with Gasteiger partial charge in [-0.2, -0.15) is 8.42 Å². The topological polar surface area (TPSA) is 89.9 Å². The van der Waals surface area contributed by atoms with E-state index in [1.54, 1.807) is 0 Å². The van der Waals surface area contributed by atoms with E-state index in [1.807, 2.05) is 60.7 Å². The molecular weight excluding hydrogens is 395 g/mol. The summed E-state index contributed by atoms with van der Waals surface area (Å²) in [5, 5.41) is 0. The Kier molecular flexibility index (Phi) is 7.96. The number of rotatable bonds is 5. The van der Waals surface area contributed by atoms with Gasteiger partial charge in [0.1, 0.15) is 11.9 Å². The number of benzene rings is 2. The molecule has 2 aromatic carbocycles. The molecule has 137 valence electrons. The van der Waals surface area contributed by atoms with E-state index in [1.165, 1.54) is 6.92 Å². The fourth-order valence-electron chi connectivity index (χ4n) is 3.24. The van der Waals surface area contributed by atoms with E-state index >= 15 is 0 Å². The Bertz CT molecular complexity index is 925. The van der Waals surface area contributed by atoms with Gasteiger partial charge in [0.2, 0.25) is 0 Å². The summed E-state index contributed by atoms with van der Waals surface area (Å²) >= 11 is 0. The van der Waals surface area contributed by atoms with Crippen LogP contribution in [0.2, 0.25) is 0 Å². The second-order valence-electron chi connectivity index (χ2n) is 5.95. The van der Waals surface area contributed by atoms with Crippen LogP contribution in [0.25, 0.3) is 5.57 Å². The molecule has 0 aliphatic heterocycles. The SMILES string of the molecule is CC(=O)OC1=C(c2ccccc2)C(c2ccccc2)CC1OS(=O)(=O)O.[K]. The maximum absolute atomic E-state index is 11.6. The zero-order valence-corrected chi connectivity index (χ0v) is 19.0. The molecule has 0 amide bonds. The molecular formula is C19H18KO6S. The molecule has 0 heterocycles. The minimum Gasteiger partial charge on any atom is -0.428 e. The van der Waals surface area contributed by atoms with Gasteiger partial charge in [0.15, 0.2) is 0 Å². The third-order valence-corrected chi connectivity index (χ3v) is 4.61. The molecule has 2 atom stereocenters. The van der Waals surface area contributed by atoms with Gasteiger partial charge in [0.25, 0.3) is 0 Å². The van der Waals surface area contributed by atoms with E-state index in [4.69, 9.17) is 13.5 Å². The van der Waals surface area contributed by atoms with Crippen LogP contribution < -0.4 is 0 Å². The second kappa shape index (κ2) is 9.57. The quantitative estimate of drug-likeness (QED) is 0.460. The molecule has 1 N–H and O–H groups in total. The molecule has 0 spiro atoms. The van der Waals surface area contributed by atoms with Crippen molar-refractivity contribution < 1.29 is 26.7 Å². The summed E-state index contributed by atoms with van der Waals surface area (Å²) in [4.78, 5) is 11.6. The molecule has 3 rings (SSSR count). The van der Waals surface area contributed by atoms with Crippen molar-refractivity contribution in [2.45, 2.75) is 25.4 Å². The summed E-state index contributed by atoms with van der Waals surface area (Å²) in [5.74, 6) is -0.735. The second-order valence-corrected chi connectivity index (χ2v) is 7.00. The van der Waals surface area contributed by atoms with Crippen molar-refractivity contribution in [3.63, 3.8) is 0 Å². The monoisotopic (exact) mass is 413 g/mol. The Hall–Kier alpha value is -0.844.